The predicted octanol–water partition coefficient (Wildman–Crippen LogP) is 2.74. The molecule has 0 aliphatic heterocycles. The number of nitrogens with one attached hydrogen (secondary N) is 2. The van der Waals surface area contributed by atoms with Crippen molar-refractivity contribution in [1.29, 1.82) is 0 Å². The van der Waals surface area contributed by atoms with E-state index in [2.05, 4.69) is 15.5 Å². The van der Waals surface area contributed by atoms with Crippen molar-refractivity contribution >= 4 is 5.91 Å². The Kier molecular flexibility index (Phi) is 5.43. The lowest BCUT2D eigenvalue weighted by molar-refractivity contribution is -0.122. The van der Waals surface area contributed by atoms with E-state index in [0.29, 0.717) is 5.92 Å². The molecule has 1 fully saturated rings. The van der Waals surface area contributed by atoms with Crippen molar-refractivity contribution in [2.24, 2.45) is 5.92 Å². The van der Waals surface area contributed by atoms with E-state index in [9.17, 15) is 4.79 Å². The van der Waals surface area contributed by atoms with Crippen LogP contribution < -0.4 is 5.32 Å². The van der Waals surface area contributed by atoms with Crippen LogP contribution in [0.4, 0.5) is 0 Å². The van der Waals surface area contributed by atoms with Gasteiger partial charge in [-0.05, 0) is 44.1 Å². The van der Waals surface area contributed by atoms with Crippen LogP contribution in [-0.2, 0) is 11.2 Å². The number of aryl methyl sites for hydroxylation is 2. The van der Waals surface area contributed by atoms with Gasteiger partial charge in [0, 0.05) is 18.7 Å². The lowest BCUT2D eigenvalue weighted by Crippen LogP contribution is -2.27. The summed E-state index contributed by atoms with van der Waals surface area (Å²) in [5, 5.41) is 9.98. The average molecular weight is 263 g/mol. The summed E-state index contributed by atoms with van der Waals surface area (Å²) in [5.41, 5.74) is 2.38. The maximum atomic E-state index is 11.8. The zero-order valence-corrected chi connectivity index (χ0v) is 11.9. The molecule has 0 unspecified atom stereocenters. The smallest absolute Gasteiger partial charge is 0.220 e. The van der Waals surface area contributed by atoms with E-state index in [0.717, 1.165) is 31.5 Å². The molecule has 1 aromatic rings. The summed E-state index contributed by atoms with van der Waals surface area (Å²) in [4.78, 5) is 11.8. The third kappa shape index (κ3) is 4.69. The van der Waals surface area contributed by atoms with E-state index < -0.39 is 0 Å². The van der Waals surface area contributed by atoms with Crippen LogP contribution in [0.1, 0.15) is 56.2 Å². The second-order valence-corrected chi connectivity index (χ2v) is 5.68. The van der Waals surface area contributed by atoms with Crippen molar-refractivity contribution in [3.8, 4) is 0 Å². The van der Waals surface area contributed by atoms with Crippen LogP contribution in [0.25, 0.3) is 0 Å². The fraction of sp³-hybridized carbons (Fsp3) is 0.733. The van der Waals surface area contributed by atoms with E-state index >= 15 is 0 Å². The largest absolute Gasteiger partial charge is 0.356 e. The summed E-state index contributed by atoms with van der Waals surface area (Å²) in [6.45, 7) is 2.81. The number of hydrogen-bond acceptors (Lipinski definition) is 2. The molecule has 19 heavy (non-hydrogen) atoms. The Morgan fingerprint density at radius 2 is 2.21 bits per heavy atom. The van der Waals surface area contributed by atoms with Crippen molar-refractivity contribution in [3.63, 3.8) is 0 Å². The Labute approximate surface area is 115 Å². The first kappa shape index (κ1) is 14.1. The molecule has 1 aliphatic rings. The molecule has 1 saturated carbocycles. The summed E-state index contributed by atoms with van der Waals surface area (Å²) in [5.74, 6) is 0.862. The fourth-order valence-electron chi connectivity index (χ4n) is 2.86. The van der Waals surface area contributed by atoms with Gasteiger partial charge in [-0.3, -0.25) is 9.89 Å². The van der Waals surface area contributed by atoms with Crippen molar-refractivity contribution < 1.29 is 4.79 Å². The molecule has 1 amide bonds. The topological polar surface area (TPSA) is 57.8 Å². The van der Waals surface area contributed by atoms with Gasteiger partial charge in [-0.1, -0.05) is 19.3 Å². The maximum Gasteiger partial charge on any atom is 0.220 e. The minimum Gasteiger partial charge on any atom is -0.356 e. The van der Waals surface area contributed by atoms with Crippen LogP contribution >= 0.6 is 0 Å². The molecule has 106 valence electrons. The minimum absolute atomic E-state index is 0.232. The third-order valence-corrected chi connectivity index (χ3v) is 4.08. The Hall–Kier alpha value is -1.32. The number of nitrogens with zero attached hydrogens (tertiary/aromatic N) is 1. The summed E-state index contributed by atoms with van der Waals surface area (Å²) >= 11 is 0. The quantitative estimate of drug-likeness (QED) is 0.775. The highest BCUT2D eigenvalue weighted by molar-refractivity contribution is 5.76. The molecule has 4 nitrogen and oxygen atoms in total. The van der Waals surface area contributed by atoms with Crippen LogP contribution in [0.5, 0.6) is 0 Å². The molecule has 0 radical (unpaired) electrons. The van der Waals surface area contributed by atoms with Crippen LogP contribution in [0, 0.1) is 12.8 Å². The normalized spacial score (nSPS) is 16.5. The number of rotatable bonds is 6. The molecule has 0 aromatic carbocycles. The van der Waals surface area contributed by atoms with Crippen molar-refractivity contribution in [2.45, 2.75) is 58.3 Å². The SMILES string of the molecule is Cc1[nH]ncc1CCCNC(=O)CC1CCCCC1. The zero-order valence-electron chi connectivity index (χ0n) is 11.9. The van der Waals surface area contributed by atoms with Gasteiger partial charge in [-0.15, -0.1) is 0 Å². The Balaban J connectivity index is 1.57. The average Bonchev–Trinajstić information content (AvgIpc) is 2.81. The molecule has 1 aliphatic carbocycles. The third-order valence-electron chi connectivity index (χ3n) is 4.08. The van der Waals surface area contributed by atoms with Crippen molar-refractivity contribution in [3.05, 3.63) is 17.5 Å². The molecule has 0 saturated heterocycles. The first-order chi connectivity index (χ1) is 9.25. The minimum atomic E-state index is 0.232. The number of H-pyrrole nitrogens is 1. The van der Waals surface area contributed by atoms with E-state index in [4.69, 9.17) is 0 Å². The molecule has 2 N–H and O–H groups in total. The molecule has 1 aromatic heterocycles. The summed E-state index contributed by atoms with van der Waals surface area (Å²) < 4.78 is 0. The summed E-state index contributed by atoms with van der Waals surface area (Å²) in [6, 6.07) is 0. The van der Waals surface area contributed by atoms with E-state index in [1.165, 1.54) is 37.7 Å². The molecule has 0 bridgehead atoms. The van der Waals surface area contributed by atoms with Crippen molar-refractivity contribution in [1.82, 2.24) is 15.5 Å². The monoisotopic (exact) mass is 263 g/mol. The lowest BCUT2D eigenvalue weighted by atomic mass is 9.87. The number of amides is 1. The van der Waals surface area contributed by atoms with Gasteiger partial charge in [0.2, 0.25) is 5.91 Å². The molecule has 0 spiro atoms. The van der Waals surface area contributed by atoms with Crippen molar-refractivity contribution in [2.75, 3.05) is 6.54 Å². The van der Waals surface area contributed by atoms with Crippen LogP contribution in [0.2, 0.25) is 0 Å². The molecule has 4 heteroatoms. The van der Waals surface area contributed by atoms with Gasteiger partial charge in [-0.25, -0.2) is 0 Å². The van der Waals surface area contributed by atoms with Gasteiger partial charge in [0.25, 0.3) is 0 Å². The van der Waals surface area contributed by atoms with Gasteiger partial charge in [0.1, 0.15) is 0 Å². The summed E-state index contributed by atoms with van der Waals surface area (Å²) in [7, 11) is 0. The number of carbonyl (C=O) groups is 1. The first-order valence-electron chi connectivity index (χ1n) is 7.51. The van der Waals surface area contributed by atoms with Gasteiger partial charge in [0.05, 0.1) is 6.20 Å². The number of aromatic nitrogens is 2. The molecular weight excluding hydrogens is 238 g/mol. The van der Waals surface area contributed by atoms with Gasteiger partial charge >= 0.3 is 0 Å². The van der Waals surface area contributed by atoms with E-state index in [1.54, 1.807) is 0 Å². The van der Waals surface area contributed by atoms with Gasteiger partial charge in [0.15, 0.2) is 0 Å². The Morgan fingerprint density at radius 1 is 1.42 bits per heavy atom. The molecular formula is C15H25N3O. The van der Waals surface area contributed by atoms with Gasteiger partial charge in [-0.2, -0.15) is 5.10 Å². The second kappa shape index (κ2) is 7.31. The number of hydrogen-bond donors (Lipinski definition) is 2. The van der Waals surface area contributed by atoms with Crippen LogP contribution in [-0.4, -0.2) is 22.6 Å². The Bertz CT molecular complexity index is 394. The fourth-order valence-corrected chi connectivity index (χ4v) is 2.86. The van der Waals surface area contributed by atoms with E-state index in [1.807, 2.05) is 13.1 Å². The highest BCUT2D eigenvalue weighted by Crippen LogP contribution is 2.25. The number of carbonyl (C=O) groups excluding carboxylic acids is 1. The lowest BCUT2D eigenvalue weighted by Gasteiger charge is -2.20. The molecule has 0 atom stereocenters. The Morgan fingerprint density at radius 3 is 2.89 bits per heavy atom. The predicted molar refractivity (Wildman–Crippen MR) is 75.8 cm³/mol. The summed E-state index contributed by atoms with van der Waals surface area (Å²) in [6.07, 6.45) is 11.0. The first-order valence-corrected chi connectivity index (χ1v) is 7.51. The molecule has 1 heterocycles. The standard InChI is InChI=1S/C15H25N3O/c1-12-14(11-17-18-12)8-5-9-16-15(19)10-13-6-3-2-4-7-13/h11,13H,2-10H2,1H3,(H,16,19)(H,17,18). The number of aromatic amines is 1. The highest BCUT2D eigenvalue weighted by Gasteiger charge is 2.16. The van der Waals surface area contributed by atoms with Crippen LogP contribution in [0.3, 0.4) is 0 Å². The zero-order chi connectivity index (χ0) is 13.5. The van der Waals surface area contributed by atoms with E-state index in [-0.39, 0.29) is 5.91 Å². The molecule has 2 rings (SSSR count). The highest BCUT2D eigenvalue weighted by atomic mass is 16.1. The van der Waals surface area contributed by atoms with Crippen LogP contribution in [0.15, 0.2) is 6.20 Å². The van der Waals surface area contributed by atoms with Gasteiger partial charge < -0.3 is 5.32 Å². The maximum absolute atomic E-state index is 11.8. The second-order valence-electron chi connectivity index (χ2n) is 5.68.